The van der Waals surface area contributed by atoms with E-state index in [2.05, 4.69) is 33.5 Å². The van der Waals surface area contributed by atoms with Crippen molar-refractivity contribution < 1.29 is 4.79 Å². The van der Waals surface area contributed by atoms with Crippen LogP contribution < -0.4 is 16.0 Å². The van der Waals surface area contributed by atoms with Crippen LogP contribution in [0.25, 0.3) is 6.08 Å². The fourth-order valence-corrected chi connectivity index (χ4v) is 2.86. The molecule has 4 nitrogen and oxygen atoms in total. The van der Waals surface area contributed by atoms with Crippen molar-refractivity contribution in [2.75, 3.05) is 6.54 Å². The number of nitrogens with one attached hydrogen (secondary N) is 2. The summed E-state index contributed by atoms with van der Waals surface area (Å²) in [5.74, 6) is -0.0493. The predicted molar refractivity (Wildman–Crippen MR) is 87.2 cm³/mol. The number of H-pyrrole nitrogens is 1. The summed E-state index contributed by atoms with van der Waals surface area (Å²) in [5, 5.41) is 4.07. The Morgan fingerprint density at radius 1 is 1.32 bits per heavy atom. The number of amides is 1. The highest BCUT2D eigenvalue weighted by molar-refractivity contribution is 5.94. The summed E-state index contributed by atoms with van der Waals surface area (Å²) >= 11 is 0. The lowest BCUT2D eigenvalue weighted by molar-refractivity contribution is 0.0912. The summed E-state index contributed by atoms with van der Waals surface area (Å²) in [6.45, 7) is 4.88. The summed E-state index contributed by atoms with van der Waals surface area (Å²) in [5.41, 5.74) is 2.40. The van der Waals surface area contributed by atoms with E-state index in [0.717, 1.165) is 30.1 Å². The monoisotopic (exact) mass is 295 g/mol. The van der Waals surface area contributed by atoms with E-state index < -0.39 is 0 Å². The minimum absolute atomic E-state index is 0.0493. The van der Waals surface area contributed by atoms with Gasteiger partial charge in [-0.05, 0) is 32.3 Å². The van der Waals surface area contributed by atoms with Gasteiger partial charge >= 0.3 is 0 Å². The van der Waals surface area contributed by atoms with Crippen LogP contribution in [0.15, 0.2) is 41.5 Å². The number of aromatic nitrogens is 1. The molecule has 2 N–H and O–H groups in total. The van der Waals surface area contributed by atoms with Gasteiger partial charge in [0.05, 0.1) is 5.56 Å². The Kier molecular flexibility index (Phi) is 3.84. The number of hydrogen-bond donors (Lipinski definition) is 2. The van der Waals surface area contributed by atoms with Gasteiger partial charge in [-0.3, -0.25) is 9.79 Å². The second kappa shape index (κ2) is 5.79. The Labute approximate surface area is 130 Å². The first-order valence-electron chi connectivity index (χ1n) is 7.64. The van der Waals surface area contributed by atoms with Gasteiger partial charge in [-0.2, -0.15) is 0 Å². The molecule has 2 heterocycles. The molecule has 22 heavy (non-hydrogen) atoms. The van der Waals surface area contributed by atoms with Crippen molar-refractivity contribution in [1.29, 1.82) is 0 Å². The molecule has 0 fully saturated rings. The van der Waals surface area contributed by atoms with Crippen LogP contribution in [-0.4, -0.2) is 23.0 Å². The number of benzene rings is 1. The van der Waals surface area contributed by atoms with Gasteiger partial charge in [-0.1, -0.05) is 36.4 Å². The maximum atomic E-state index is 12.6. The van der Waals surface area contributed by atoms with Gasteiger partial charge in [-0.15, -0.1) is 0 Å². The summed E-state index contributed by atoms with van der Waals surface area (Å²) in [6.07, 6.45) is 5.51. The normalized spacial score (nSPS) is 13.7. The van der Waals surface area contributed by atoms with Crippen LogP contribution in [0.1, 0.15) is 36.2 Å². The Morgan fingerprint density at radius 3 is 2.86 bits per heavy atom. The minimum Gasteiger partial charge on any atom is -0.347 e. The Morgan fingerprint density at radius 2 is 2.09 bits per heavy atom. The molecule has 1 aliphatic heterocycles. The standard InChI is InChI=1S/C18H21N3O/c1-18(2,11-13-7-4-3-5-8-13)21-17(22)15-12-20-16-14(15)9-6-10-19-16/h3-5,7-9,12H,6,10-11H2,1-2H3,(H,19,20)(H,21,22). The molecule has 2 aromatic rings. The average Bonchev–Trinajstić information content (AvgIpc) is 2.91. The first-order valence-corrected chi connectivity index (χ1v) is 7.64. The lowest BCUT2D eigenvalue weighted by Gasteiger charge is -2.26. The topological polar surface area (TPSA) is 57.2 Å². The Balaban J connectivity index is 1.78. The Bertz CT molecular complexity index is 787. The number of fused-ring (bicyclic) bond motifs is 1. The van der Waals surface area contributed by atoms with E-state index in [0.29, 0.717) is 5.56 Å². The zero-order valence-corrected chi connectivity index (χ0v) is 13.0. The van der Waals surface area contributed by atoms with Crippen LogP contribution in [0.3, 0.4) is 0 Å². The van der Waals surface area contributed by atoms with Crippen molar-refractivity contribution >= 4 is 12.0 Å². The third kappa shape index (κ3) is 3.11. The largest absolute Gasteiger partial charge is 0.347 e. The lowest BCUT2D eigenvalue weighted by atomic mass is 9.94. The maximum absolute atomic E-state index is 12.6. The molecule has 3 rings (SSSR count). The van der Waals surface area contributed by atoms with Gasteiger partial charge in [0.1, 0.15) is 5.49 Å². The van der Waals surface area contributed by atoms with E-state index in [9.17, 15) is 4.79 Å². The van der Waals surface area contributed by atoms with E-state index in [1.165, 1.54) is 5.56 Å². The van der Waals surface area contributed by atoms with Crippen LogP contribution in [0.4, 0.5) is 0 Å². The summed E-state index contributed by atoms with van der Waals surface area (Å²) in [7, 11) is 0. The number of carbonyl (C=O) groups excluding carboxylic acids is 1. The van der Waals surface area contributed by atoms with Crippen molar-refractivity contribution in [3.05, 3.63) is 58.4 Å². The number of nitrogens with zero attached hydrogens (tertiary/aromatic N) is 1. The van der Waals surface area contributed by atoms with Crippen LogP contribution in [0.5, 0.6) is 0 Å². The van der Waals surface area contributed by atoms with Crippen LogP contribution in [0, 0.1) is 0 Å². The summed E-state index contributed by atoms with van der Waals surface area (Å²) < 4.78 is 0. The molecule has 0 saturated carbocycles. The third-order valence-corrected chi connectivity index (χ3v) is 3.83. The number of hydrogen-bond acceptors (Lipinski definition) is 2. The van der Waals surface area contributed by atoms with E-state index in [1.807, 2.05) is 32.0 Å². The predicted octanol–water partition coefficient (Wildman–Crippen LogP) is 1.57. The minimum atomic E-state index is -0.311. The van der Waals surface area contributed by atoms with Crippen molar-refractivity contribution in [3.8, 4) is 0 Å². The van der Waals surface area contributed by atoms with E-state index in [4.69, 9.17) is 0 Å². The quantitative estimate of drug-likeness (QED) is 0.884. The van der Waals surface area contributed by atoms with Gasteiger partial charge in [0.15, 0.2) is 0 Å². The van der Waals surface area contributed by atoms with Gasteiger partial charge in [0, 0.05) is 23.5 Å². The van der Waals surface area contributed by atoms with Gasteiger partial charge in [-0.25, -0.2) is 0 Å². The molecule has 0 aliphatic carbocycles. The molecule has 0 radical (unpaired) electrons. The zero-order valence-electron chi connectivity index (χ0n) is 13.0. The zero-order chi connectivity index (χ0) is 15.6. The fraction of sp³-hybridized carbons (Fsp3) is 0.333. The van der Waals surface area contributed by atoms with Crippen LogP contribution in [-0.2, 0) is 6.42 Å². The number of rotatable bonds is 4. The number of aromatic amines is 1. The number of carbonyl (C=O) groups is 1. The highest BCUT2D eigenvalue weighted by Crippen LogP contribution is 2.13. The average molecular weight is 295 g/mol. The van der Waals surface area contributed by atoms with Crippen molar-refractivity contribution in [1.82, 2.24) is 10.3 Å². The highest BCUT2D eigenvalue weighted by atomic mass is 16.1. The van der Waals surface area contributed by atoms with Crippen LogP contribution >= 0.6 is 0 Å². The lowest BCUT2D eigenvalue weighted by Crippen LogP contribution is -2.46. The molecule has 0 atom stereocenters. The van der Waals surface area contributed by atoms with Crippen molar-refractivity contribution in [3.63, 3.8) is 0 Å². The third-order valence-electron chi connectivity index (χ3n) is 3.83. The van der Waals surface area contributed by atoms with Crippen molar-refractivity contribution in [2.45, 2.75) is 32.2 Å². The SMILES string of the molecule is CC(C)(Cc1ccccc1)NC(=O)c1c[nH]c2c1=CCCN=2. The molecule has 1 amide bonds. The molecule has 0 saturated heterocycles. The second-order valence-electron chi connectivity index (χ2n) is 6.34. The molecule has 1 aromatic heterocycles. The Hall–Kier alpha value is -2.36. The molecule has 0 unspecified atom stereocenters. The smallest absolute Gasteiger partial charge is 0.253 e. The molecule has 4 heteroatoms. The first kappa shape index (κ1) is 14.6. The summed E-state index contributed by atoms with van der Waals surface area (Å²) in [6, 6.07) is 10.2. The fourth-order valence-electron chi connectivity index (χ4n) is 2.86. The molecule has 0 bridgehead atoms. The molecule has 0 spiro atoms. The molecule has 1 aromatic carbocycles. The molecule has 1 aliphatic rings. The summed E-state index contributed by atoms with van der Waals surface area (Å²) in [4.78, 5) is 20.1. The first-order chi connectivity index (χ1) is 10.6. The van der Waals surface area contributed by atoms with Gasteiger partial charge in [0.2, 0.25) is 0 Å². The van der Waals surface area contributed by atoms with Crippen molar-refractivity contribution in [2.24, 2.45) is 4.99 Å². The van der Waals surface area contributed by atoms with Gasteiger partial charge in [0.25, 0.3) is 5.91 Å². The second-order valence-corrected chi connectivity index (χ2v) is 6.34. The highest BCUT2D eigenvalue weighted by Gasteiger charge is 2.23. The van der Waals surface area contributed by atoms with Gasteiger partial charge < -0.3 is 10.3 Å². The maximum Gasteiger partial charge on any atom is 0.253 e. The van der Waals surface area contributed by atoms with E-state index in [-0.39, 0.29) is 11.4 Å². The molecular formula is C18H21N3O. The van der Waals surface area contributed by atoms with E-state index in [1.54, 1.807) is 6.20 Å². The molecular weight excluding hydrogens is 274 g/mol. The molecule has 114 valence electrons. The van der Waals surface area contributed by atoms with Crippen LogP contribution in [0.2, 0.25) is 0 Å². The van der Waals surface area contributed by atoms with E-state index >= 15 is 0 Å².